The summed E-state index contributed by atoms with van der Waals surface area (Å²) in [5.41, 5.74) is 1.06. The molecule has 0 bridgehead atoms. The lowest BCUT2D eigenvalue weighted by atomic mass is 10.0. The SMILES string of the molecule is COC(=O)[C@@H](NCc1ccc[nH]1)C(C)C. The zero-order valence-electron chi connectivity index (χ0n) is 9.41. The second kappa shape index (κ2) is 5.56. The van der Waals surface area contributed by atoms with E-state index in [9.17, 15) is 4.79 Å². The number of hydrogen-bond donors (Lipinski definition) is 2. The maximum absolute atomic E-state index is 11.4. The number of esters is 1. The van der Waals surface area contributed by atoms with Crippen molar-refractivity contribution in [2.24, 2.45) is 5.92 Å². The molecule has 0 aliphatic rings. The Balaban J connectivity index is 2.49. The van der Waals surface area contributed by atoms with Gasteiger partial charge in [0.15, 0.2) is 0 Å². The number of aromatic amines is 1. The van der Waals surface area contributed by atoms with Crippen LogP contribution in [0.5, 0.6) is 0 Å². The predicted molar refractivity (Wildman–Crippen MR) is 58.3 cm³/mol. The summed E-state index contributed by atoms with van der Waals surface area (Å²) in [5, 5.41) is 3.17. The zero-order chi connectivity index (χ0) is 11.3. The lowest BCUT2D eigenvalue weighted by molar-refractivity contribution is -0.144. The number of carbonyl (C=O) groups is 1. The summed E-state index contributed by atoms with van der Waals surface area (Å²) in [4.78, 5) is 14.5. The van der Waals surface area contributed by atoms with E-state index < -0.39 is 0 Å². The standard InChI is InChI=1S/C11H18N2O2/c1-8(2)10(11(14)15-3)13-7-9-5-4-6-12-9/h4-6,8,10,12-13H,7H2,1-3H3/t10-/m0/s1. The molecule has 0 saturated heterocycles. The molecule has 0 unspecified atom stereocenters. The van der Waals surface area contributed by atoms with Crippen LogP contribution in [0, 0.1) is 5.92 Å². The van der Waals surface area contributed by atoms with Gasteiger partial charge in [-0.3, -0.25) is 10.1 Å². The Morgan fingerprint density at radius 2 is 2.33 bits per heavy atom. The van der Waals surface area contributed by atoms with E-state index in [0.29, 0.717) is 6.54 Å². The Bertz CT molecular complexity index is 294. The fourth-order valence-corrected chi connectivity index (χ4v) is 1.42. The molecule has 0 aromatic carbocycles. The third kappa shape index (κ3) is 3.40. The van der Waals surface area contributed by atoms with E-state index in [0.717, 1.165) is 5.69 Å². The molecule has 84 valence electrons. The van der Waals surface area contributed by atoms with Crippen molar-refractivity contribution in [3.05, 3.63) is 24.0 Å². The molecule has 4 nitrogen and oxygen atoms in total. The zero-order valence-corrected chi connectivity index (χ0v) is 9.41. The van der Waals surface area contributed by atoms with Crippen molar-refractivity contribution < 1.29 is 9.53 Å². The van der Waals surface area contributed by atoms with Gasteiger partial charge in [0, 0.05) is 18.4 Å². The number of ether oxygens (including phenoxy) is 1. The van der Waals surface area contributed by atoms with Gasteiger partial charge in [0.2, 0.25) is 0 Å². The van der Waals surface area contributed by atoms with Crippen molar-refractivity contribution in [1.29, 1.82) is 0 Å². The van der Waals surface area contributed by atoms with Crippen LogP contribution in [0.3, 0.4) is 0 Å². The summed E-state index contributed by atoms with van der Waals surface area (Å²) in [6.45, 7) is 4.62. The van der Waals surface area contributed by atoms with Crippen molar-refractivity contribution in [3.8, 4) is 0 Å². The van der Waals surface area contributed by atoms with Crippen molar-refractivity contribution in [3.63, 3.8) is 0 Å². The molecule has 1 aromatic heterocycles. The number of aromatic nitrogens is 1. The van der Waals surface area contributed by atoms with Gasteiger partial charge in [0.1, 0.15) is 6.04 Å². The van der Waals surface area contributed by atoms with Crippen LogP contribution in [0.4, 0.5) is 0 Å². The van der Waals surface area contributed by atoms with Crippen LogP contribution < -0.4 is 5.32 Å². The first kappa shape index (κ1) is 11.8. The van der Waals surface area contributed by atoms with Gasteiger partial charge in [-0.25, -0.2) is 0 Å². The normalized spacial score (nSPS) is 12.8. The fraction of sp³-hybridized carbons (Fsp3) is 0.545. The highest BCUT2D eigenvalue weighted by Gasteiger charge is 2.21. The van der Waals surface area contributed by atoms with Gasteiger partial charge in [-0.15, -0.1) is 0 Å². The lowest BCUT2D eigenvalue weighted by Gasteiger charge is -2.19. The van der Waals surface area contributed by atoms with Crippen LogP contribution in [0.2, 0.25) is 0 Å². The second-order valence-electron chi connectivity index (χ2n) is 3.82. The maximum Gasteiger partial charge on any atom is 0.323 e. The molecule has 0 radical (unpaired) electrons. The van der Waals surface area contributed by atoms with E-state index >= 15 is 0 Å². The molecule has 1 rings (SSSR count). The van der Waals surface area contributed by atoms with E-state index in [1.165, 1.54) is 7.11 Å². The van der Waals surface area contributed by atoms with E-state index in [2.05, 4.69) is 10.3 Å². The smallest absolute Gasteiger partial charge is 0.323 e. The third-order valence-corrected chi connectivity index (χ3v) is 2.30. The summed E-state index contributed by atoms with van der Waals surface area (Å²) < 4.78 is 4.73. The van der Waals surface area contributed by atoms with Gasteiger partial charge >= 0.3 is 5.97 Å². The van der Waals surface area contributed by atoms with Gasteiger partial charge in [-0.2, -0.15) is 0 Å². The van der Waals surface area contributed by atoms with Crippen LogP contribution in [-0.4, -0.2) is 24.1 Å². The Kier molecular flexibility index (Phi) is 4.37. The highest BCUT2D eigenvalue weighted by atomic mass is 16.5. The molecule has 0 fully saturated rings. The van der Waals surface area contributed by atoms with Crippen LogP contribution in [0.25, 0.3) is 0 Å². The molecule has 1 atom stereocenters. The summed E-state index contributed by atoms with van der Waals surface area (Å²) in [7, 11) is 1.41. The number of methoxy groups -OCH3 is 1. The summed E-state index contributed by atoms with van der Waals surface area (Å²) in [6, 6.07) is 3.65. The molecule has 15 heavy (non-hydrogen) atoms. The molecule has 1 aromatic rings. The summed E-state index contributed by atoms with van der Waals surface area (Å²) in [6.07, 6.45) is 1.86. The number of hydrogen-bond acceptors (Lipinski definition) is 3. The van der Waals surface area contributed by atoms with E-state index in [-0.39, 0.29) is 17.9 Å². The quantitative estimate of drug-likeness (QED) is 0.720. The lowest BCUT2D eigenvalue weighted by Crippen LogP contribution is -2.41. The van der Waals surface area contributed by atoms with Crippen molar-refractivity contribution in [2.75, 3.05) is 7.11 Å². The molecule has 0 spiro atoms. The second-order valence-corrected chi connectivity index (χ2v) is 3.82. The fourth-order valence-electron chi connectivity index (χ4n) is 1.42. The predicted octanol–water partition coefficient (Wildman–Crippen LogP) is 1.30. The minimum absolute atomic E-state index is 0.212. The molecule has 0 aliphatic carbocycles. The maximum atomic E-state index is 11.4. The average molecular weight is 210 g/mol. The van der Waals surface area contributed by atoms with Crippen molar-refractivity contribution in [2.45, 2.75) is 26.4 Å². The number of carbonyl (C=O) groups excluding carboxylic acids is 1. The van der Waals surface area contributed by atoms with Crippen LogP contribution >= 0.6 is 0 Å². The monoisotopic (exact) mass is 210 g/mol. The van der Waals surface area contributed by atoms with Gasteiger partial charge in [0.25, 0.3) is 0 Å². The van der Waals surface area contributed by atoms with E-state index in [4.69, 9.17) is 4.74 Å². The van der Waals surface area contributed by atoms with E-state index in [1.54, 1.807) is 0 Å². The van der Waals surface area contributed by atoms with Gasteiger partial charge in [-0.05, 0) is 18.1 Å². The highest BCUT2D eigenvalue weighted by molar-refractivity contribution is 5.75. The first-order valence-corrected chi connectivity index (χ1v) is 5.08. The third-order valence-electron chi connectivity index (χ3n) is 2.30. The molecule has 4 heteroatoms. The molecule has 2 N–H and O–H groups in total. The van der Waals surface area contributed by atoms with E-state index in [1.807, 2.05) is 32.2 Å². The number of rotatable bonds is 5. The van der Waals surface area contributed by atoms with Crippen molar-refractivity contribution in [1.82, 2.24) is 10.3 Å². The molecular formula is C11H18N2O2. The minimum atomic E-state index is -0.252. The molecule has 0 saturated carbocycles. The highest BCUT2D eigenvalue weighted by Crippen LogP contribution is 2.05. The molecule has 1 heterocycles. The summed E-state index contributed by atoms with van der Waals surface area (Å²) >= 11 is 0. The Labute approximate surface area is 90.0 Å². The molecular weight excluding hydrogens is 192 g/mol. The first-order valence-electron chi connectivity index (χ1n) is 5.08. The van der Waals surface area contributed by atoms with Gasteiger partial charge in [-0.1, -0.05) is 13.8 Å². The van der Waals surface area contributed by atoms with Crippen LogP contribution in [0.15, 0.2) is 18.3 Å². The minimum Gasteiger partial charge on any atom is -0.468 e. The van der Waals surface area contributed by atoms with Gasteiger partial charge in [0.05, 0.1) is 7.11 Å². The summed E-state index contributed by atoms with van der Waals surface area (Å²) in [5.74, 6) is 0.00367. The largest absolute Gasteiger partial charge is 0.468 e. The van der Waals surface area contributed by atoms with Crippen LogP contribution in [-0.2, 0) is 16.1 Å². The average Bonchev–Trinajstić information content (AvgIpc) is 2.70. The number of nitrogens with one attached hydrogen (secondary N) is 2. The Hall–Kier alpha value is -1.29. The van der Waals surface area contributed by atoms with Gasteiger partial charge < -0.3 is 9.72 Å². The Morgan fingerprint density at radius 1 is 1.60 bits per heavy atom. The molecule has 0 aliphatic heterocycles. The molecule has 0 amide bonds. The Morgan fingerprint density at radius 3 is 2.80 bits per heavy atom. The van der Waals surface area contributed by atoms with Crippen molar-refractivity contribution >= 4 is 5.97 Å². The number of H-pyrrole nitrogens is 1. The van der Waals surface area contributed by atoms with Crippen LogP contribution in [0.1, 0.15) is 19.5 Å². The topological polar surface area (TPSA) is 54.1 Å². The first-order chi connectivity index (χ1) is 7.15.